The molecule has 1 N–H and O–H groups in total. The first-order valence-corrected chi connectivity index (χ1v) is 9.62. The van der Waals surface area contributed by atoms with E-state index in [-0.39, 0.29) is 23.0 Å². The highest BCUT2D eigenvalue weighted by molar-refractivity contribution is 5.97. The number of alkyl halides is 3. The molecule has 0 radical (unpaired) electrons. The second kappa shape index (κ2) is 8.14. The van der Waals surface area contributed by atoms with Crippen molar-refractivity contribution in [2.75, 3.05) is 13.1 Å². The summed E-state index contributed by atoms with van der Waals surface area (Å²) in [5.74, 6) is -1.85. The second-order valence-corrected chi connectivity index (χ2v) is 7.61. The molecule has 2 heterocycles. The molecule has 1 saturated carbocycles. The summed E-state index contributed by atoms with van der Waals surface area (Å²) in [5.41, 5.74) is 0.518. The van der Waals surface area contributed by atoms with Crippen LogP contribution in [0.3, 0.4) is 0 Å². The van der Waals surface area contributed by atoms with Crippen molar-refractivity contribution in [3.05, 3.63) is 35.8 Å². The number of hydrogen-bond donors (Lipinski definition) is 1. The molecule has 1 aliphatic carbocycles. The van der Waals surface area contributed by atoms with E-state index in [1.165, 1.54) is 12.3 Å². The van der Waals surface area contributed by atoms with Gasteiger partial charge in [0.1, 0.15) is 6.17 Å². The van der Waals surface area contributed by atoms with Crippen LogP contribution < -0.4 is 10.1 Å². The number of fused-ring (bicyclic) bond motifs is 1. The normalized spacial score (nSPS) is 23.2. The quantitative estimate of drug-likeness (QED) is 0.763. The average molecular weight is 411 g/mol. The van der Waals surface area contributed by atoms with Crippen molar-refractivity contribution in [3.8, 4) is 5.75 Å². The van der Waals surface area contributed by atoms with Gasteiger partial charge in [-0.1, -0.05) is 0 Å². The van der Waals surface area contributed by atoms with Gasteiger partial charge in [-0.05, 0) is 37.8 Å². The summed E-state index contributed by atoms with van der Waals surface area (Å²) < 4.78 is 55.7. The number of benzene rings is 1. The Bertz CT molecular complexity index is 897. The topological polar surface area (TPSA) is 54.5 Å². The number of aromatic nitrogens is 1. The molecule has 0 bridgehead atoms. The first kappa shape index (κ1) is 19.9. The van der Waals surface area contributed by atoms with E-state index in [1.54, 1.807) is 0 Å². The molecule has 5 nitrogen and oxygen atoms in total. The van der Waals surface area contributed by atoms with E-state index in [2.05, 4.69) is 19.9 Å². The molecule has 1 amide bonds. The maximum Gasteiger partial charge on any atom is 0.387 e. The number of rotatable bonds is 5. The molecule has 29 heavy (non-hydrogen) atoms. The summed E-state index contributed by atoms with van der Waals surface area (Å²) in [6.07, 6.45) is 4.06. The van der Waals surface area contributed by atoms with E-state index < -0.39 is 24.3 Å². The molecule has 2 aliphatic rings. The lowest BCUT2D eigenvalue weighted by Gasteiger charge is -2.43. The monoisotopic (exact) mass is 411 g/mol. The Morgan fingerprint density at radius 3 is 2.55 bits per heavy atom. The molecule has 1 aromatic carbocycles. The number of carbonyl (C=O) groups excluding carboxylic acids is 1. The molecule has 0 unspecified atom stereocenters. The predicted octanol–water partition coefficient (Wildman–Crippen LogP) is 3.67. The summed E-state index contributed by atoms with van der Waals surface area (Å²) in [6.45, 7) is -2.13. The Hall–Kier alpha value is -2.42. The fourth-order valence-corrected chi connectivity index (χ4v) is 4.05. The van der Waals surface area contributed by atoms with Crippen molar-refractivity contribution in [2.45, 2.75) is 50.6 Å². The van der Waals surface area contributed by atoms with Gasteiger partial charge in [-0.2, -0.15) is 8.78 Å². The zero-order valence-electron chi connectivity index (χ0n) is 15.6. The van der Waals surface area contributed by atoms with Crippen LogP contribution in [0, 0.1) is 5.82 Å². The Kier molecular flexibility index (Phi) is 5.58. The van der Waals surface area contributed by atoms with Crippen LogP contribution in [0.5, 0.6) is 5.75 Å². The Morgan fingerprint density at radius 2 is 1.90 bits per heavy atom. The van der Waals surface area contributed by atoms with Crippen molar-refractivity contribution < 1.29 is 27.1 Å². The van der Waals surface area contributed by atoms with Crippen LogP contribution in [0.25, 0.3) is 10.9 Å². The molecule has 9 heteroatoms. The number of carbonyl (C=O) groups is 1. The van der Waals surface area contributed by atoms with Gasteiger partial charge in [0.05, 0.1) is 11.1 Å². The Balaban J connectivity index is 1.38. The highest BCUT2D eigenvalue weighted by Gasteiger charge is 2.34. The third-order valence-corrected chi connectivity index (χ3v) is 5.63. The van der Waals surface area contributed by atoms with Crippen LogP contribution in [0.15, 0.2) is 24.4 Å². The van der Waals surface area contributed by atoms with Gasteiger partial charge < -0.3 is 10.1 Å². The van der Waals surface area contributed by atoms with E-state index in [0.717, 1.165) is 37.8 Å². The zero-order chi connectivity index (χ0) is 20.5. The lowest BCUT2D eigenvalue weighted by molar-refractivity contribution is -0.0520. The van der Waals surface area contributed by atoms with Gasteiger partial charge >= 0.3 is 6.61 Å². The standard InChI is InChI=1S/C20H21F4N3O2/c21-13-9-27(10-13)15-3-1-14(2-4-15)26-19(28)12-5-11-6-16(22)18(29-20(23)24)7-17(11)25-8-12/h5-8,13-15,20H,1-4,9-10H2,(H,26,28)/t14-,15+. The summed E-state index contributed by atoms with van der Waals surface area (Å²) >= 11 is 0. The molecular weight excluding hydrogens is 390 g/mol. The molecule has 0 atom stereocenters. The van der Waals surface area contributed by atoms with Gasteiger partial charge in [0.25, 0.3) is 5.91 Å². The van der Waals surface area contributed by atoms with Crippen LogP contribution in [0.1, 0.15) is 36.0 Å². The van der Waals surface area contributed by atoms with Crippen LogP contribution in [-0.2, 0) is 0 Å². The molecule has 2 aromatic rings. The van der Waals surface area contributed by atoms with E-state index in [0.29, 0.717) is 24.5 Å². The minimum Gasteiger partial charge on any atom is -0.432 e. The minimum absolute atomic E-state index is 0.0236. The Labute approximate surface area is 165 Å². The maximum atomic E-state index is 13.9. The van der Waals surface area contributed by atoms with Crippen LogP contribution in [0.2, 0.25) is 0 Å². The third kappa shape index (κ3) is 4.44. The lowest BCUT2D eigenvalue weighted by Crippen LogP contribution is -2.55. The molecular formula is C20H21F4N3O2. The van der Waals surface area contributed by atoms with Gasteiger partial charge in [-0.25, -0.2) is 8.78 Å². The molecule has 1 aromatic heterocycles. The Morgan fingerprint density at radius 1 is 1.17 bits per heavy atom. The number of nitrogens with zero attached hydrogens (tertiary/aromatic N) is 2. The summed E-state index contributed by atoms with van der Waals surface area (Å²) in [4.78, 5) is 18.8. The van der Waals surface area contributed by atoms with E-state index in [4.69, 9.17) is 0 Å². The van der Waals surface area contributed by atoms with E-state index >= 15 is 0 Å². The summed E-state index contributed by atoms with van der Waals surface area (Å²) in [5, 5.41) is 3.29. The van der Waals surface area contributed by atoms with Crippen LogP contribution >= 0.6 is 0 Å². The van der Waals surface area contributed by atoms with Gasteiger partial charge in [-0.3, -0.25) is 14.7 Å². The number of amides is 1. The highest BCUT2D eigenvalue weighted by atomic mass is 19.3. The van der Waals surface area contributed by atoms with Crippen molar-refractivity contribution in [1.29, 1.82) is 0 Å². The number of halogens is 4. The van der Waals surface area contributed by atoms with Gasteiger partial charge in [0.15, 0.2) is 11.6 Å². The first-order valence-electron chi connectivity index (χ1n) is 9.62. The summed E-state index contributed by atoms with van der Waals surface area (Å²) in [6, 6.07) is 3.98. The second-order valence-electron chi connectivity index (χ2n) is 7.61. The first-order chi connectivity index (χ1) is 13.9. The average Bonchev–Trinajstić information content (AvgIpc) is 2.66. The van der Waals surface area contributed by atoms with Crippen LogP contribution in [-0.4, -0.2) is 53.7 Å². The van der Waals surface area contributed by atoms with Crippen molar-refractivity contribution >= 4 is 16.8 Å². The van der Waals surface area contributed by atoms with Gasteiger partial charge in [0, 0.05) is 42.8 Å². The molecule has 1 saturated heterocycles. The largest absolute Gasteiger partial charge is 0.432 e. The molecule has 156 valence electrons. The maximum absolute atomic E-state index is 13.9. The van der Waals surface area contributed by atoms with Crippen LogP contribution in [0.4, 0.5) is 17.6 Å². The molecule has 2 fully saturated rings. The number of ether oxygens (including phenoxy) is 1. The summed E-state index contributed by atoms with van der Waals surface area (Å²) in [7, 11) is 0. The number of nitrogens with one attached hydrogen (secondary N) is 1. The van der Waals surface area contributed by atoms with Crippen molar-refractivity contribution in [2.24, 2.45) is 0 Å². The third-order valence-electron chi connectivity index (χ3n) is 5.63. The van der Waals surface area contributed by atoms with E-state index in [9.17, 15) is 22.4 Å². The molecule has 4 rings (SSSR count). The number of hydrogen-bond acceptors (Lipinski definition) is 4. The fourth-order valence-electron chi connectivity index (χ4n) is 4.05. The van der Waals surface area contributed by atoms with Crippen molar-refractivity contribution in [1.82, 2.24) is 15.2 Å². The SMILES string of the molecule is O=C(N[C@H]1CC[C@@H](N2CC(F)C2)CC1)c1cnc2cc(OC(F)F)c(F)cc2c1. The van der Waals surface area contributed by atoms with E-state index in [1.807, 2.05) is 0 Å². The fraction of sp³-hybridized carbons (Fsp3) is 0.500. The lowest BCUT2D eigenvalue weighted by atomic mass is 9.88. The van der Waals surface area contributed by atoms with Gasteiger partial charge in [-0.15, -0.1) is 0 Å². The smallest absolute Gasteiger partial charge is 0.387 e. The highest BCUT2D eigenvalue weighted by Crippen LogP contribution is 2.28. The zero-order valence-corrected chi connectivity index (χ0v) is 15.6. The number of pyridine rings is 1. The predicted molar refractivity (Wildman–Crippen MR) is 98.3 cm³/mol. The molecule has 0 spiro atoms. The van der Waals surface area contributed by atoms with Crippen molar-refractivity contribution in [3.63, 3.8) is 0 Å². The molecule has 1 aliphatic heterocycles. The van der Waals surface area contributed by atoms with Gasteiger partial charge in [0.2, 0.25) is 0 Å². The minimum atomic E-state index is -3.14. The number of likely N-dealkylation sites (tertiary alicyclic amines) is 1.